The highest BCUT2D eigenvalue weighted by Crippen LogP contribution is 2.24. The number of amides is 2. The van der Waals surface area contributed by atoms with Crippen molar-refractivity contribution in [1.82, 2.24) is 20.1 Å². The maximum absolute atomic E-state index is 12.1. The molecule has 0 aliphatic carbocycles. The predicted octanol–water partition coefficient (Wildman–Crippen LogP) is 1.47. The van der Waals surface area contributed by atoms with Gasteiger partial charge in [-0.2, -0.15) is 0 Å². The Bertz CT molecular complexity index is 893. The summed E-state index contributed by atoms with van der Waals surface area (Å²) in [7, 11) is 0. The zero-order chi connectivity index (χ0) is 19.1. The van der Waals surface area contributed by atoms with E-state index in [0.717, 1.165) is 12.0 Å². The average Bonchev–Trinajstić information content (AvgIpc) is 3.30. The van der Waals surface area contributed by atoms with Crippen LogP contribution in [-0.4, -0.2) is 38.9 Å². The summed E-state index contributed by atoms with van der Waals surface area (Å²) in [6.07, 6.45) is 2.27. The van der Waals surface area contributed by atoms with Crippen molar-refractivity contribution in [2.24, 2.45) is 5.73 Å². The first-order valence-corrected chi connectivity index (χ1v) is 9.31. The monoisotopic (exact) mass is 385 g/mol. The molecule has 0 unspecified atom stereocenters. The first-order chi connectivity index (χ1) is 13.1. The molecule has 0 fully saturated rings. The average molecular weight is 385 g/mol. The molecule has 0 radical (unpaired) electrons. The Balaban J connectivity index is 1.57. The van der Waals surface area contributed by atoms with Crippen LogP contribution in [0.1, 0.15) is 5.56 Å². The van der Waals surface area contributed by atoms with Crippen LogP contribution >= 0.6 is 11.8 Å². The molecule has 3 aromatic rings. The number of nitrogens with two attached hydrogens (primary N) is 1. The fourth-order valence-corrected chi connectivity index (χ4v) is 3.22. The molecule has 0 spiro atoms. The highest BCUT2D eigenvalue weighted by Gasteiger charge is 2.18. The van der Waals surface area contributed by atoms with Crippen LogP contribution in [0.5, 0.6) is 0 Å². The SMILES string of the molecule is NC(=O)Cn1c(SCC(=O)NCCc2ccccc2)nnc1-c1ccco1. The lowest BCUT2D eigenvalue weighted by molar-refractivity contribution is -0.119. The molecular formula is C18H19N5O3S. The maximum atomic E-state index is 12.1. The number of thioether (sulfide) groups is 1. The molecule has 0 atom stereocenters. The minimum atomic E-state index is -0.531. The van der Waals surface area contributed by atoms with Gasteiger partial charge in [0.25, 0.3) is 0 Å². The van der Waals surface area contributed by atoms with E-state index >= 15 is 0 Å². The summed E-state index contributed by atoms with van der Waals surface area (Å²) in [5.41, 5.74) is 6.48. The Morgan fingerprint density at radius 3 is 2.67 bits per heavy atom. The highest BCUT2D eigenvalue weighted by molar-refractivity contribution is 7.99. The lowest BCUT2D eigenvalue weighted by Crippen LogP contribution is -2.27. The first kappa shape index (κ1) is 18.7. The molecule has 140 valence electrons. The summed E-state index contributed by atoms with van der Waals surface area (Å²) in [6, 6.07) is 13.4. The minimum absolute atomic E-state index is 0.0962. The quantitative estimate of drug-likeness (QED) is 0.539. The summed E-state index contributed by atoms with van der Waals surface area (Å²) < 4.78 is 6.86. The zero-order valence-corrected chi connectivity index (χ0v) is 15.3. The van der Waals surface area contributed by atoms with Gasteiger partial charge in [0.05, 0.1) is 12.0 Å². The topological polar surface area (TPSA) is 116 Å². The number of benzene rings is 1. The van der Waals surface area contributed by atoms with Crippen molar-refractivity contribution in [3.8, 4) is 11.6 Å². The molecule has 0 saturated carbocycles. The molecule has 0 aliphatic heterocycles. The molecule has 0 saturated heterocycles. The van der Waals surface area contributed by atoms with Crippen molar-refractivity contribution in [2.45, 2.75) is 18.1 Å². The number of furan rings is 1. The normalized spacial score (nSPS) is 10.7. The van der Waals surface area contributed by atoms with E-state index in [1.54, 1.807) is 16.7 Å². The molecule has 3 N–H and O–H groups in total. The predicted molar refractivity (Wildman–Crippen MR) is 101 cm³/mol. The number of nitrogens with one attached hydrogen (secondary N) is 1. The Morgan fingerprint density at radius 2 is 1.96 bits per heavy atom. The van der Waals surface area contributed by atoms with Gasteiger partial charge < -0.3 is 15.5 Å². The van der Waals surface area contributed by atoms with Crippen LogP contribution in [0.3, 0.4) is 0 Å². The highest BCUT2D eigenvalue weighted by atomic mass is 32.2. The van der Waals surface area contributed by atoms with Crippen LogP contribution in [0.15, 0.2) is 58.3 Å². The van der Waals surface area contributed by atoms with Crippen LogP contribution < -0.4 is 11.1 Å². The summed E-state index contributed by atoms with van der Waals surface area (Å²) in [5.74, 6) is 0.374. The van der Waals surface area contributed by atoms with E-state index in [0.29, 0.717) is 23.3 Å². The maximum Gasteiger partial charge on any atom is 0.237 e. The number of aromatic nitrogens is 3. The molecule has 1 aromatic carbocycles. The van der Waals surface area contributed by atoms with E-state index in [-0.39, 0.29) is 18.2 Å². The van der Waals surface area contributed by atoms with Gasteiger partial charge in [0, 0.05) is 6.54 Å². The molecule has 3 rings (SSSR count). The number of rotatable bonds is 9. The van der Waals surface area contributed by atoms with E-state index in [1.807, 2.05) is 30.3 Å². The van der Waals surface area contributed by atoms with Gasteiger partial charge in [-0.05, 0) is 24.1 Å². The molecular weight excluding hydrogens is 366 g/mol. The van der Waals surface area contributed by atoms with Crippen LogP contribution in [-0.2, 0) is 22.6 Å². The van der Waals surface area contributed by atoms with Gasteiger partial charge in [-0.1, -0.05) is 42.1 Å². The largest absolute Gasteiger partial charge is 0.461 e. The lowest BCUT2D eigenvalue weighted by Gasteiger charge is -2.07. The van der Waals surface area contributed by atoms with E-state index in [9.17, 15) is 9.59 Å². The Morgan fingerprint density at radius 1 is 1.15 bits per heavy atom. The third-order valence-electron chi connectivity index (χ3n) is 3.68. The number of hydrogen-bond acceptors (Lipinski definition) is 6. The van der Waals surface area contributed by atoms with E-state index in [1.165, 1.54) is 18.0 Å². The molecule has 27 heavy (non-hydrogen) atoms. The standard InChI is InChI=1S/C18H19N5O3S/c19-15(24)11-23-17(14-7-4-10-26-14)21-22-18(23)27-12-16(25)20-9-8-13-5-2-1-3-6-13/h1-7,10H,8-9,11-12H2,(H2,19,24)(H,20,25). The molecule has 2 aromatic heterocycles. The number of primary amides is 1. The lowest BCUT2D eigenvalue weighted by atomic mass is 10.1. The van der Waals surface area contributed by atoms with E-state index in [2.05, 4.69) is 15.5 Å². The van der Waals surface area contributed by atoms with Crippen LogP contribution in [0.2, 0.25) is 0 Å². The molecule has 0 bridgehead atoms. The summed E-state index contributed by atoms with van der Waals surface area (Å²) in [4.78, 5) is 23.5. The van der Waals surface area contributed by atoms with Crippen LogP contribution in [0.4, 0.5) is 0 Å². The molecule has 2 amide bonds. The second-order valence-corrected chi connectivity index (χ2v) is 6.65. The number of nitrogens with zero attached hydrogens (tertiary/aromatic N) is 3. The number of carbonyl (C=O) groups excluding carboxylic acids is 2. The van der Waals surface area contributed by atoms with Gasteiger partial charge in [-0.25, -0.2) is 0 Å². The number of hydrogen-bond donors (Lipinski definition) is 2. The summed E-state index contributed by atoms with van der Waals surface area (Å²) in [6.45, 7) is 0.454. The van der Waals surface area contributed by atoms with E-state index in [4.69, 9.17) is 10.2 Å². The summed E-state index contributed by atoms with van der Waals surface area (Å²) >= 11 is 1.19. The third kappa shape index (κ3) is 5.20. The van der Waals surface area contributed by atoms with Crippen molar-refractivity contribution in [3.05, 3.63) is 54.3 Å². The Hall–Kier alpha value is -3.07. The molecule has 9 heteroatoms. The fourth-order valence-electron chi connectivity index (χ4n) is 2.45. The fraction of sp³-hybridized carbons (Fsp3) is 0.222. The summed E-state index contributed by atoms with van der Waals surface area (Å²) in [5, 5.41) is 11.4. The van der Waals surface area contributed by atoms with Gasteiger partial charge in [-0.3, -0.25) is 14.2 Å². The Labute approximate surface area is 160 Å². The second kappa shape index (κ2) is 9.04. The number of carbonyl (C=O) groups is 2. The van der Waals surface area contributed by atoms with Gasteiger partial charge in [0.1, 0.15) is 6.54 Å². The van der Waals surface area contributed by atoms with Gasteiger partial charge >= 0.3 is 0 Å². The zero-order valence-electron chi connectivity index (χ0n) is 14.5. The van der Waals surface area contributed by atoms with Gasteiger partial charge in [-0.15, -0.1) is 10.2 Å². The minimum Gasteiger partial charge on any atom is -0.461 e. The van der Waals surface area contributed by atoms with Crippen molar-refractivity contribution < 1.29 is 14.0 Å². The molecule has 8 nitrogen and oxygen atoms in total. The smallest absolute Gasteiger partial charge is 0.237 e. The van der Waals surface area contributed by atoms with E-state index < -0.39 is 5.91 Å². The first-order valence-electron chi connectivity index (χ1n) is 8.32. The molecule has 2 heterocycles. The van der Waals surface area contributed by atoms with Crippen molar-refractivity contribution in [2.75, 3.05) is 12.3 Å². The van der Waals surface area contributed by atoms with Crippen molar-refractivity contribution in [3.63, 3.8) is 0 Å². The van der Waals surface area contributed by atoms with Crippen molar-refractivity contribution >= 4 is 23.6 Å². The van der Waals surface area contributed by atoms with Crippen LogP contribution in [0, 0.1) is 0 Å². The molecule has 0 aliphatic rings. The Kier molecular flexibility index (Phi) is 6.26. The third-order valence-corrected chi connectivity index (χ3v) is 4.65. The van der Waals surface area contributed by atoms with Crippen LogP contribution in [0.25, 0.3) is 11.6 Å². The van der Waals surface area contributed by atoms with Crippen molar-refractivity contribution in [1.29, 1.82) is 0 Å². The van der Waals surface area contributed by atoms with Gasteiger partial charge in [0.2, 0.25) is 17.6 Å². The van der Waals surface area contributed by atoms with Gasteiger partial charge in [0.15, 0.2) is 10.9 Å². The second-order valence-electron chi connectivity index (χ2n) is 5.71.